The Kier molecular flexibility index (Phi) is 5.71. The molecule has 1 heterocycles. The van der Waals surface area contributed by atoms with Crippen molar-refractivity contribution in [2.75, 3.05) is 6.61 Å². The van der Waals surface area contributed by atoms with Gasteiger partial charge >= 0.3 is 5.97 Å². The van der Waals surface area contributed by atoms with Crippen LogP contribution < -0.4 is 4.57 Å². The molecule has 4 rings (SSSR count). The van der Waals surface area contributed by atoms with E-state index in [4.69, 9.17) is 4.74 Å². The molecule has 148 valence electrons. The molecular weight excluding hydrogens is 370 g/mol. The van der Waals surface area contributed by atoms with Gasteiger partial charge in [-0.05, 0) is 37.1 Å². The molecule has 0 fully saturated rings. The minimum absolute atomic E-state index is 0.322. The van der Waals surface area contributed by atoms with Crippen LogP contribution in [0.1, 0.15) is 23.0 Å². The summed E-state index contributed by atoms with van der Waals surface area (Å²) < 4.78 is 7.42. The fraction of sp³-hybridized carbons (Fsp3) is 0.111. The standard InChI is InChI=1S/C27H24NO2/c1-3-30-27(29)26-19-23(21-10-6-4-7-11-21)18-25(22-12-8-5-9-13-22)28(26)24-16-14-20(2)15-17-24/h4-19H,3H2,1-2H3/q+1. The molecule has 0 aliphatic rings. The molecule has 0 saturated heterocycles. The topological polar surface area (TPSA) is 30.2 Å². The van der Waals surface area contributed by atoms with Gasteiger partial charge in [0, 0.05) is 29.8 Å². The summed E-state index contributed by atoms with van der Waals surface area (Å²) in [6, 6.07) is 32.4. The fourth-order valence-corrected chi connectivity index (χ4v) is 3.54. The van der Waals surface area contributed by atoms with Crippen LogP contribution in [0.3, 0.4) is 0 Å². The summed E-state index contributed by atoms with van der Waals surface area (Å²) in [7, 11) is 0. The van der Waals surface area contributed by atoms with Crippen molar-refractivity contribution in [1.29, 1.82) is 0 Å². The Morgan fingerprint density at radius 2 is 1.37 bits per heavy atom. The lowest BCUT2D eigenvalue weighted by molar-refractivity contribution is -0.587. The van der Waals surface area contributed by atoms with Gasteiger partial charge in [0.2, 0.25) is 11.4 Å². The molecular formula is C27H24NO2+. The zero-order valence-corrected chi connectivity index (χ0v) is 17.2. The second-order valence-corrected chi connectivity index (χ2v) is 7.14. The van der Waals surface area contributed by atoms with Crippen LogP contribution in [0.15, 0.2) is 97.1 Å². The third kappa shape index (κ3) is 4.01. The largest absolute Gasteiger partial charge is 0.458 e. The van der Waals surface area contributed by atoms with Crippen molar-refractivity contribution in [3.63, 3.8) is 0 Å². The Labute approximate surface area is 177 Å². The molecule has 0 atom stereocenters. The summed E-state index contributed by atoms with van der Waals surface area (Å²) in [5.74, 6) is -0.340. The molecule has 0 amide bonds. The van der Waals surface area contributed by atoms with E-state index >= 15 is 0 Å². The van der Waals surface area contributed by atoms with Gasteiger partial charge < -0.3 is 4.74 Å². The maximum atomic E-state index is 13.0. The van der Waals surface area contributed by atoms with Gasteiger partial charge in [0.1, 0.15) is 0 Å². The van der Waals surface area contributed by atoms with E-state index in [-0.39, 0.29) is 5.97 Å². The molecule has 3 nitrogen and oxygen atoms in total. The maximum absolute atomic E-state index is 13.0. The lowest BCUT2D eigenvalue weighted by Crippen LogP contribution is -2.41. The van der Waals surface area contributed by atoms with Crippen LogP contribution in [0.2, 0.25) is 0 Å². The molecule has 3 aromatic carbocycles. The smallest absolute Gasteiger partial charge is 0.404 e. The molecule has 30 heavy (non-hydrogen) atoms. The zero-order valence-electron chi connectivity index (χ0n) is 17.2. The quantitative estimate of drug-likeness (QED) is 0.317. The molecule has 0 radical (unpaired) electrons. The van der Waals surface area contributed by atoms with E-state index in [1.165, 1.54) is 5.56 Å². The van der Waals surface area contributed by atoms with Crippen molar-refractivity contribution in [1.82, 2.24) is 0 Å². The third-order valence-electron chi connectivity index (χ3n) is 5.02. The summed E-state index contributed by atoms with van der Waals surface area (Å²) in [4.78, 5) is 13.0. The van der Waals surface area contributed by atoms with Crippen LogP contribution in [0.4, 0.5) is 0 Å². The average molecular weight is 394 g/mol. The van der Waals surface area contributed by atoms with E-state index in [2.05, 4.69) is 49.4 Å². The van der Waals surface area contributed by atoms with Crippen LogP contribution in [0.5, 0.6) is 0 Å². The van der Waals surface area contributed by atoms with Crippen molar-refractivity contribution in [2.45, 2.75) is 13.8 Å². The van der Waals surface area contributed by atoms with Crippen molar-refractivity contribution < 1.29 is 14.1 Å². The van der Waals surface area contributed by atoms with Crippen molar-refractivity contribution in [3.8, 4) is 28.1 Å². The lowest BCUT2D eigenvalue weighted by Gasteiger charge is -2.12. The van der Waals surface area contributed by atoms with Gasteiger partial charge in [0.05, 0.1) is 6.61 Å². The van der Waals surface area contributed by atoms with Crippen LogP contribution in [-0.2, 0) is 4.74 Å². The normalized spacial score (nSPS) is 10.6. The van der Waals surface area contributed by atoms with Crippen LogP contribution in [-0.4, -0.2) is 12.6 Å². The molecule has 0 bridgehead atoms. The number of hydrogen-bond acceptors (Lipinski definition) is 2. The molecule has 0 N–H and O–H groups in total. The highest BCUT2D eigenvalue weighted by Gasteiger charge is 2.29. The molecule has 0 aliphatic carbocycles. The van der Waals surface area contributed by atoms with Crippen molar-refractivity contribution >= 4 is 5.97 Å². The monoisotopic (exact) mass is 394 g/mol. The Bertz CT molecular complexity index is 1150. The van der Waals surface area contributed by atoms with Gasteiger partial charge in [-0.25, -0.2) is 4.79 Å². The first-order valence-corrected chi connectivity index (χ1v) is 10.1. The van der Waals surface area contributed by atoms with E-state index in [0.717, 1.165) is 28.1 Å². The molecule has 1 aromatic heterocycles. The number of pyridine rings is 1. The molecule has 0 spiro atoms. The Morgan fingerprint density at radius 3 is 1.97 bits per heavy atom. The highest BCUT2D eigenvalue weighted by molar-refractivity contribution is 5.88. The SMILES string of the molecule is CCOC(=O)c1cc(-c2ccccc2)cc(-c2ccccc2)[n+]1-c1ccc(C)cc1. The van der Waals surface area contributed by atoms with Gasteiger partial charge in [0.25, 0.3) is 5.69 Å². The summed E-state index contributed by atoms with van der Waals surface area (Å²) in [5, 5.41) is 0. The van der Waals surface area contributed by atoms with Crippen LogP contribution in [0, 0.1) is 6.92 Å². The zero-order chi connectivity index (χ0) is 20.9. The second kappa shape index (κ2) is 8.75. The number of ether oxygens (including phenoxy) is 1. The highest BCUT2D eigenvalue weighted by Crippen LogP contribution is 2.27. The minimum Gasteiger partial charge on any atom is -0.458 e. The Morgan fingerprint density at radius 1 is 0.767 bits per heavy atom. The number of carbonyl (C=O) groups is 1. The predicted molar refractivity (Wildman–Crippen MR) is 120 cm³/mol. The van der Waals surface area contributed by atoms with Gasteiger partial charge in [-0.1, -0.05) is 66.2 Å². The first-order chi connectivity index (χ1) is 14.7. The molecule has 4 aromatic rings. The number of carbonyl (C=O) groups excluding carboxylic acids is 1. The highest BCUT2D eigenvalue weighted by atomic mass is 16.5. The van der Waals surface area contributed by atoms with E-state index in [0.29, 0.717) is 12.3 Å². The predicted octanol–water partition coefficient (Wildman–Crippen LogP) is 5.78. The Balaban J connectivity index is 2.04. The number of esters is 1. The summed E-state index contributed by atoms with van der Waals surface area (Å²) in [5.41, 5.74) is 6.57. The van der Waals surface area contributed by atoms with E-state index in [1.807, 2.05) is 66.1 Å². The summed E-state index contributed by atoms with van der Waals surface area (Å²) in [6.07, 6.45) is 0. The maximum Gasteiger partial charge on any atom is 0.404 e. The number of aromatic nitrogens is 1. The van der Waals surface area contributed by atoms with E-state index < -0.39 is 0 Å². The van der Waals surface area contributed by atoms with Gasteiger partial charge in [0.15, 0.2) is 0 Å². The average Bonchev–Trinajstić information content (AvgIpc) is 2.80. The van der Waals surface area contributed by atoms with Crippen LogP contribution >= 0.6 is 0 Å². The first kappa shape index (κ1) is 19.6. The number of hydrogen-bond donors (Lipinski definition) is 0. The molecule has 0 aliphatic heterocycles. The van der Waals surface area contributed by atoms with Crippen molar-refractivity contribution in [3.05, 3.63) is 108 Å². The van der Waals surface area contributed by atoms with E-state index in [1.54, 1.807) is 0 Å². The second-order valence-electron chi connectivity index (χ2n) is 7.14. The molecule has 3 heteroatoms. The third-order valence-corrected chi connectivity index (χ3v) is 5.02. The fourth-order valence-electron chi connectivity index (χ4n) is 3.54. The van der Waals surface area contributed by atoms with E-state index in [9.17, 15) is 4.79 Å². The molecule has 0 unspecified atom stereocenters. The van der Waals surface area contributed by atoms with Gasteiger partial charge in [-0.15, -0.1) is 4.57 Å². The first-order valence-electron chi connectivity index (χ1n) is 10.1. The van der Waals surface area contributed by atoms with Gasteiger partial charge in [-0.2, -0.15) is 0 Å². The van der Waals surface area contributed by atoms with Crippen LogP contribution in [0.25, 0.3) is 28.1 Å². The number of benzene rings is 3. The number of rotatable bonds is 5. The number of aryl methyl sites for hydroxylation is 1. The van der Waals surface area contributed by atoms with Gasteiger partial charge in [-0.3, -0.25) is 0 Å². The summed E-state index contributed by atoms with van der Waals surface area (Å²) in [6.45, 7) is 4.20. The Hall–Kier alpha value is -3.72. The number of nitrogens with zero attached hydrogens (tertiary/aromatic N) is 1. The minimum atomic E-state index is -0.340. The van der Waals surface area contributed by atoms with Crippen molar-refractivity contribution in [2.24, 2.45) is 0 Å². The molecule has 0 saturated carbocycles. The lowest BCUT2D eigenvalue weighted by atomic mass is 10.0. The summed E-state index contributed by atoms with van der Waals surface area (Å²) >= 11 is 0.